The molecule has 2 nitrogen and oxygen atoms in total. The van der Waals surface area contributed by atoms with Crippen LogP contribution in [0.15, 0.2) is 42.7 Å². The molecule has 0 aliphatic heterocycles. The number of halogens is 1. The third-order valence-corrected chi connectivity index (χ3v) is 2.67. The molecule has 88 valence electrons. The normalized spacial score (nSPS) is 10.5. The van der Waals surface area contributed by atoms with E-state index in [1.807, 2.05) is 31.3 Å². The lowest BCUT2D eigenvalue weighted by atomic mass is 10.1. The molecule has 17 heavy (non-hydrogen) atoms. The monoisotopic (exact) mass is 230 g/mol. The lowest BCUT2D eigenvalue weighted by Gasteiger charge is -2.07. The zero-order chi connectivity index (χ0) is 12.1. The fourth-order valence-corrected chi connectivity index (χ4v) is 1.70. The number of aromatic nitrogens is 1. The first-order chi connectivity index (χ1) is 8.25. The summed E-state index contributed by atoms with van der Waals surface area (Å²) in [5, 5.41) is 3.32. The summed E-state index contributed by atoms with van der Waals surface area (Å²) in [6.07, 6.45) is 3.60. The first kappa shape index (κ1) is 11.7. The molecule has 1 aromatic heterocycles. The van der Waals surface area contributed by atoms with Crippen LogP contribution in [0.4, 0.5) is 4.39 Å². The van der Waals surface area contributed by atoms with Crippen LogP contribution in [0.5, 0.6) is 0 Å². The lowest BCUT2D eigenvalue weighted by molar-refractivity contribution is 0.623. The van der Waals surface area contributed by atoms with Gasteiger partial charge in [0.2, 0.25) is 0 Å². The second-order valence-electron chi connectivity index (χ2n) is 4.04. The van der Waals surface area contributed by atoms with Crippen molar-refractivity contribution in [3.63, 3.8) is 0 Å². The Kier molecular flexibility index (Phi) is 3.83. The van der Waals surface area contributed by atoms with E-state index in [0.717, 1.165) is 29.8 Å². The van der Waals surface area contributed by atoms with Crippen molar-refractivity contribution in [3.8, 4) is 0 Å². The maximum atomic E-state index is 12.9. The van der Waals surface area contributed by atoms with Gasteiger partial charge in [-0.15, -0.1) is 0 Å². The molecule has 1 N–H and O–H groups in total. The van der Waals surface area contributed by atoms with E-state index < -0.39 is 0 Å². The number of nitrogens with one attached hydrogen (secondary N) is 1. The number of hydrogen-bond donors (Lipinski definition) is 1. The van der Waals surface area contributed by atoms with Gasteiger partial charge in [-0.25, -0.2) is 4.39 Å². The molecule has 0 saturated carbocycles. The SMILES string of the molecule is Cc1cc(F)ccc1CNCc1cccnc1. The zero-order valence-electron chi connectivity index (χ0n) is 9.78. The van der Waals surface area contributed by atoms with Crippen molar-refractivity contribution in [2.45, 2.75) is 20.0 Å². The number of aryl methyl sites for hydroxylation is 1. The molecule has 0 radical (unpaired) electrons. The quantitative estimate of drug-likeness (QED) is 0.873. The van der Waals surface area contributed by atoms with Crippen LogP contribution >= 0.6 is 0 Å². The summed E-state index contributed by atoms with van der Waals surface area (Å²) in [6, 6.07) is 8.81. The van der Waals surface area contributed by atoms with Crippen LogP contribution in [-0.4, -0.2) is 4.98 Å². The Morgan fingerprint density at radius 3 is 2.82 bits per heavy atom. The Balaban J connectivity index is 1.90. The Bertz CT molecular complexity index is 483. The van der Waals surface area contributed by atoms with Gasteiger partial charge in [-0.05, 0) is 41.8 Å². The molecule has 0 unspecified atom stereocenters. The zero-order valence-corrected chi connectivity index (χ0v) is 9.78. The van der Waals surface area contributed by atoms with Gasteiger partial charge in [0.15, 0.2) is 0 Å². The van der Waals surface area contributed by atoms with Crippen LogP contribution in [-0.2, 0) is 13.1 Å². The van der Waals surface area contributed by atoms with Crippen LogP contribution in [0.25, 0.3) is 0 Å². The third-order valence-electron chi connectivity index (χ3n) is 2.67. The maximum Gasteiger partial charge on any atom is 0.123 e. The molecule has 3 heteroatoms. The first-order valence-corrected chi connectivity index (χ1v) is 5.60. The molecule has 2 rings (SSSR count). The predicted octanol–water partition coefficient (Wildman–Crippen LogP) is 2.82. The average Bonchev–Trinajstić information content (AvgIpc) is 2.33. The van der Waals surface area contributed by atoms with E-state index in [1.54, 1.807) is 12.3 Å². The van der Waals surface area contributed by atoms with E-state index in [9.17, 15) is 4.39 Å². The number of nitrogens with zero attached hydrogens (tertiary/aromatic N) is 1. The molecule has 1 heterocycles. The van der Waals surface area contributed by atoms with Crippen molar-refractivity contribution >= 4 is 0 Å². The van der Waals surface area contributed by atoms with Gasteiger partial charge in [0.1, 0.15) is 5.82 Å². The van der Waals surface area contributed by atoms with Gasteiger partial charge in [0.25, 0.3) is 0 Å². The van der Waals surface area contributed by atoms with Crippen molar-refractivity contribution in [1.29, 1.82) is 0 Å². The molecule has 0 aliphatic rings. The van der Waals surface area contributed by atoms with E-state index in [2.05, 4.69) is 10.3 Å². The number of hydrogen-bond acceptors (Lipinski definition) is 2. The second kappa shape index (κ2) is 5.55. The van der Waals surface area contributed by atoms with Gasteiger partial charge in [-0.1, -0.05) is 12.1 Å². The minimum absolute atomic E-state index is 0.182. The Labute approximate surface area is 101 Å². The molecule has 0 aliphatic carbocycles. The summed E-state index contributed by atoms with van der Waals surface area (Å²) in [4.78, 5) is 4.05. The summed E-state index contributed by atoms with van der Waals surface area (Å²) >= 11 is 0. The predicted molar refractivity (Wildman–Crippen MR) is 65.9 cm³/mol. The fourth-order valence-electron chi connectivity index (χ4n) is 1.70. The molecule has 0 bridgehead atoms. The molecule has 0 fully saturated rings. The van der Waals surface area contributed by atoms with Gasteiger partial charge in [-0.3, -0.25) is 4.98 Å². The summed E-state index contributed by atoms with van der Waals surface area (Å²) in [5.41, 5.74) is 3.24. The summed E-state index contributed by atoms with van der Waals surface area (Å²) in [7, 11) is 0. The van der Waals surface area contributed by atoms with Crippen LogP contribution < -0.4 is 5.32 Å². The molecular weight excluding hydrogens is 215 g/mol. The number of rotatable bonds is 4. The van der Waals surface area contributed by atoms with Crippen LogP contribution in [0, 0.1) is 12.7 Å². The van der Waals surface area contributed by atoms with Gasteiger partial charge >= 0.3 is 0 Å². The van der Waals surface area contributed by atoms with E-state index in [-0.39, 0.29) is 5.82 Å². The van der Waals surface area contributed by atoms with Gasteiger partial charge in [0.05, 0.1) is 0 Å². The van der Waals surface area contributed by atoms with Crippen LogP contribution in [0.3, 0.4) is 0 Å². The van der Waals surface area contributed by atoms with Crippen molar-refractivity contribution in [3.05, 3.63) is 65.2 Å². The summed E-state index contributed by atoms with van der Waals surface area (Å²) in [5.74, 6) is -0.182. The van der Waals surface area contributed by atoms with Crippen LogP contribution in [0.1, 0.15) is 16.7 Å². The topological polar surface area (TPSA) is 24.9 Å². The lowest BCUT2D eigenvalue weighted by Crippen LogP contribution is -2.13. The smallest absolute Gasteiger partial charge is 0.123 e. The molecule has 0 saturated heterocycles. The van der Waals surface area contributed by atoms with Crippen molar-refractivity contribution < 1.29 is 4.39 Å². The standard InChI is InChI=1S/C14H15FN2/c1-11-7-14(15)5-4-13(11)10-17-9-12-3-2-6-16-8-12/h2-8,17H,9-10H2,1H3. The molecule has 2 aromatic rings. The number of pyridine rings is 1. The molecule has 0 amide bonds. The first-order valence-electron chi connectivity index (χ1n) is 5.60. The Morgan fingerprint density at radius 1 is 1.24 bits per heavy atom. The average molecular weight is 230 g/mol. The van der Waals surface area contributed by atoms with Crippen molar-refractivity contribution in [1.82, 2.24) is 10.3 Å². The van der Waals surface area contributed by atoms with Gasteiger partial charge in [0, 0.05) is 25.5 Å². The summed E-state index contributed by atoms with van der Waals surface area (Å²) < 4.78 is 12.9. The molecule has 0 atom stereocenters. The van der Waals surface area contributed by atoms with Gasteiger partial charge < -0.3 is 5.32 Å². The highest BCUT2D eigenvalue weighted by molar-refractivity contribution is 5.26. The van der Waals surface area contributed by atoms with E-state index in [1.165, 1.54) is 6.07 Å². The van der Waals surface area contributed by atoms with Crippen LogP contribution in [0.2, 0.25) is 0 Å². The fraction of sp³-hybridized carbons (Fsp3) is 0.214. The van der Waals surface area contributed by atoms with Crippen molar-refractivity contribution in [2.24, 2.45) is 0 Å². The highest BCUT2D eigenvalue weighted by Gasteiger charge is 1.99. The minimum Gasteiger partial charge on any atom is -0.309 e. The molecule has 1 aromatic carbocycles. The third kappa shape index (κ3) is 3.36. The Morgan fingerprint density at radius 2 is 2.12 bits per heavy atom. The van der Waals surface area contributed by atoms with Gasteiger partial charge in [-0.2, -0.15) is 0 Å². The highest BCUT2D eigenvalue weighted by atomic mass is 19.1. The minimum atomic E-state index is -0.182. The maximum absolute atomic E-state index is 12.9. The molecular formula is C14H15FN2. The largest absolute Gasteiger partial charge is 0.309 e. The highest BCUT2D eigenvalue weighted by Crippen LogP contribution is 2.09. The van der Waals surface area contributed by atoms with Crippen molar-refractivity contribution in [2.75, 3.05) is 0 Å². The Hall–Kier alpha value is -1.74. The summed E-state index contributed by atoms with van der Waals surface area (Å²) in [6.45, 7) is 3.43. The second-order valence-corrected chi connectivity index (χ2v) is 4.04. The van der Waals surface area contributed by atoms with E-state index >= 15 is 0 Å². The van der Waals surface area contributed by atoms with E-state index in [0.29, 0.717) is 0 Å². The van der Waals surface area contributed by atoms with E-state index in [4.69, 9.17) is 0 Å². The molecule has 0 spiro atoms. The number of benzene rings is 1.